The molecule has 0 radical (unpaired) electrons. The number of nitrogens with zero attached hydrogens (tertiary/aromatic N) is 2. The number of nitrogen functional groups attached to an aromatic ring is 2. The number of nitrogens with two attached hydrogens (primary N) is 3. The Morgan fingerprint density at radius 2 is 2.07 bits per heavy atom. The van der Waals surface area contributed by atoms with Gasteiger partial charge >= 0.3 is 0 Å². The van der Waals surface area contributed by atoms with Gasteiger partial charge in [-0.3, -0.25) is 0 Å². The minimum atomic E-state index is 0.176. The van der Waals surface area contributed by atoms with E-state index in [2.05, 4.69) is 15.0 Å². The Balaban J connectivity index is 2.93. The molecule has 0 aromatic carbocycles. The Bertz CT molecular complexity index is 516. The van der Waals surface area contributed by atoms with Crippen LogP contribution < -0.4 is 17.2 Å². The average molecular weight is 208 g/mol. The first kappa shape index (κ1) is 8.70. The van der Waals surface area contributed by atoms with Crippen molar-refractivity contribution in [3.8, 4) is 0 Å². The second-order valence-electron chi connectivity index (χ2n) is 2.76. The van der Waals surface area contributed by atoms with E-state index >= 15 is 0 Å². The SMILES string of the molecule is NC(=S)c1c(N)[nH]c2ncnc(N)c12. The summed E-state index contributed by atoms with van der Waals surface area (Å²) in [6, 6.07) is 0. The van der Waals surface area contributed by atoms with Crippen molar-refractivity contribution >= 4 is 39.9 Å². The first-order valence-electron chi connectivity index (χ1n) is 3.78. The molecule has 6 nitrogen and oxygen atoms in total. The molecule has 0 atom stereocenters. The molecule has 2 aromatic heterocycles. The number of hydrogen-bond donors (Lipinski definition) is 4. The number of rotatable bonds is 1. The number of anilines is 2. The molecular formula is C7H8N6S. The Kier molecular flexibility index (Phi) is 1.74. The van der Waals surface area contributed by atoms with Crippen LogP contribution in [0, 0.1) is 0 Å². The van der Waals surface area contributed by atoms with Crippen LogP contribution in [-0.4, -0.2) is 19.9 Å². The van der Waals surface area contributed by atoms with Gasteiger partial charge < -0.3 is 22.2 Å². The van der Waals surface area contributed by atoms with E-state index in [9.17, 15) is 0 Å². The van der Waals surface area contributed by atoms with Crippen molar-refractivity contribution in [3.63, 3.8) is 0 Å². The van der Waals surface area contributed by atoms with Crippen LogP contribution in [0.15, 0.2) is 6.33 Å². The van der Waals surface area contributed by atoms with Crippen molar-refractivity contribution in [2.45, 2.75) is 0 Å². The quantitative estimate of drug-likeness (QED) is 0.480. The van der Waals surface area contributed by atoms with E-state index in [1.807, 2.05) is 0 Å². The summed E-state index contributed by atoms with van der Waals surface area (Å²) in [5.41, 5.74) is 17.9. The molecule has 2 rings (SSSR count). The minimum Gasteiger partial charge on any atom is -0.389 e. The highest BCUT2D eigenvalue weighted by atomic mass is 32.1. The van der Waals surface area contributed by atoms with Gasteiger partial charge in [-0.15, -0.1) is 0 Å². The molecule has 0 fully saturated rings. The van der Waals surface area contributed by atoms with Crippen molar-refractivity contribution < 1.29 is 0 Å². The Hall–Kier alpha value is -1.89. The highest BCUT2D eigenvalue weighted by Gasteiger charge is 2.15. The molecular weight excluding hydrogens is 200 g/mol. The zero-order valence-corrected chi connectivity index (χ0v) is 7.93. The van der Waals surface area contributed by atoms with Crippen LogP contribution in [0.3, 0.4) is 0 Å². The second kappa shape index (κ2) is 2.81. The Labute approximate surface area is 84.5 Å². The molecule has 7 heteroatoms. The van der Waals surface area contributed by atoms with Gasteiger partial charge in [-0.1, -0.05) is 12.2 Å². The summed E-state index contributed by atoms with van der Waals surface area (Å²) < 4.78 is 0. The van der Waals surface area contributed by atoms with Crippen LogP contribution in [0.2, 0.25) is 0 Å². The lowest BCUT2D eigenvalue weighted by molar-refractivity contribution is 1.21. The molecule has 0 aliphatic carbocycles. The van der Waals surface area contributed by atoms with Crippen LogP contribution in [0.1, 0.15) is 5.56 Å². The van der Waals surface area contributed by atoms with E-state index in [0.717, 1.165) is 0 Å². The van der Waals surface area contributed by atoms with Crippen molar-refractivity contribution in [1.29, 1.82) is 0 Å². The fourth-order valence-electron chi connectivity index (χ4n) is 1.32. The van der Waals surface area contributed by atoms with Crippen molar-refractivity contribution in [3.05, 3.63) is 11.9 Å². The van der Waals surface area contributed by atoms with E-state index in [-0.39, 0.29) is 4.99 Å². The van der Waals surface area contributed by atoms with Crippen molar-refractivity contribution in [2.75, 3.05) is 11.5 Å². The summed E-state index contributed by atoms with van der Waals surface area (Å²) in [6.45, 7) is 0. The monoisotopic (exact) mass is 208 g/mol. The zero-order valence-electron chi connectivity index (χ0n) is 7.11. The number of nitrogens with one attached hydrogen (secondary N) is 1. The Morgan fingerprint density at radius 3 is 2.71 bits per heavy atom. The van der Waals surface area contributed by atoms with E-state index < -0.39 is 0 Å². The third-order valence-corrected chi connectivity index (χ3v) is 2.10. The summed E-state index contributed by atoms with van der Waals surface area (Å²) >= 11 is 4.86. The number of hydrogen-bond acceptors (Lipinski definition) is 5. The van der Waals surface area contributed by atoms with Gasteiger partial charge in [0.1, 0.15) is 28.6 Å². The minimum absolute atomic E-state index is 0.176. The van der Waals surface area contributed by atoms with E-state index in [4.69, 9.17) is 29.4 Å². The molecule has 0 saturated carbocycles. The fraction of sp³-hybridized carbons (Fsp3) is 0. The maximum atomic E-state index is 5.68. The first-order chi connectivity index (χ1) is 6.61. The molecule has 72 valence electrons. The predicted molar refractivity (Wildman–Crippen MR) is 58.6 cm³/mol. The van der Waals surface area contributed by atoms with Gasteiger partial charge in [0.25, 0.3) is 0 Å². The lowest BCUT2D eigenvalue weighted by Gasteiger charge is -1.98. The molecule has 0 aliphatic heterocycles. The number of fused-ring (bicyclic) bond motifs is 1. The smallest absolute Gasteiger partial charge is 0.145 e. The summed E-state index contributed by atoms with van der Waals surface area (Å²) in [6.07, 6.45) is 1.34. The van der Waals surface area contributed by atoms with Crippen LogP contribution in [0.5, 0.6) is 0 Å². The highest BCUT2D eigenvalue weighted by molar-refractivity contribution is 7.80. The van der Waals surface area contributed by atoms with Crippen molar-refractivity contribution in [2.24, 2.45) is 5.73 Å². The topological polar surface area (TPSA) is 120 Å². The standard InChI is InChI=1S/C7H8N6S/c8-4-3-2(6(10)14)5(9)13-7(3)12-1-11-4/h1H,9H2,(H2,10,14)(H3,8,11,12,13). The fourth-order valence-corrected chi connectivity index (χ4v) is 1.53. The number of H-pyrrole nitrogens is 1. The van der Waals surface area contributed by atoms with Gasteiger partial charge in [0.05, 0.1) is 10.9 Å². The molecule has 0 unspecified atom stereocenters. The van der Waals surface area contributed by atoms with Gasteiger partial charge in [-0.25, -0.2) is 9.97 Å². The van der Waals surface area contributed by atoms with E-state index in [0.29, 0.717) is 28.2 Å². The maximum Gasteiger partial charge on any atom is 0.145 e. The Morgan fingerprint density at radius 1 is 1.36 bits per heavy atom. The van der Waals surface area contributed by atoms with Gasteiger partial charge in [-0.2, -0.15) is 0 Å². The van der Waals surface area contributed by atoms with E-state index in [1.54, 1.807) is 0 Å². The summed E-state index contributed by atoms with van der Waals surface area (Å²) in [5, 5.41) is 0.581. The summed E-state index contributed by atoms with van der Waals surface area (Å²) in [7, 11) is 0. The van der Waals surface area contributed by atoms with Gasteiger partial charge in [0.2, 0.25) is 0 Å². The summed E-state index contributed by atoms with van der Waals surface area (Å²) in [4.78, 5) is 10.8. The van der Waals surface area contributed by atoms with Gasteiger partial charge in [0, 0.05) is 0 Å². The van der Waals surface area contributed by atoms with Crippen LogP contribution in [0.4, 0.5) is 11.6 Å². The lowest BCUT2D eigenvalue weighted by atomic mass is 10.2. The normalized spacial score (nSPS) is 10.6. The molecule has 0 spiro atoms. The van der Waals surface area contributed by atoms with Crippen LogP contribution >= 0.6 is 12.2 Å². The average Bonchev–Trinajstić information content (AvgIpc) is 2.42. The molecule has 0 aliphatic rings. The van der Waals surface area contributed by atoms with Gasteiger partial charge in [0.15, 0.2) is 0 Å². The van der Waals surface area contributed by atoms with Gasteiger partial charge in [-0.05, 0) is 0 Å². The molecule has 0 bridgehead atoms. The molecule has 7 N–H and O–H groups in total. The highest BCUT2D eigenvalue weighted by Crippen LogP contribution is 2.25. The largest absolute Gasteiger partial charge is 0.389 e. The molecule has 2 heterocycles. The summed E-state index contributed by atoms with van der Waals surface area (Å²) in [5.74, 6) is 0.672. The van der Waals surface area contributed by atoms with E-state index in [1.165, 1.54) is 6.33 Å². The molecule has 0 saturated heterocycles. The third kappa shape index (κ3) is 1.06. The molecule has 0 amide bonds. The third-order valence-electron chi connectivity index (χ3n) is 1.90. The number of aromatic nitrogens is 3. The number of aromatic amines is 1. The number of thiocarbonyl (C=S) groups is 1. The zero-order chi connectivity index (χ0) is 10.3. The predicted octanol–water partition coefficient (Wildman–Crippen LogP) is -0.244. The maximum absolute atomic E-state index is 5.68. The van der Waals surface area contributed by atoms with Crippen LogP contribution in [-0.2, 0) is 0 Å². The molecule has 14 heavy (non-hydrogen) atoms. The molecule has 2 aromatic rings. The lowest BCUT2D eigenvalue weighted by Crippen LogP contribution is -2.11. The first-order valence-corrected chi connectivity index (χ1v) is 4.19. The second-order valence-corrected chi connectivity index (χ2v) is 3.20. The van der Waals surface area contributed by atoms with Crippen LogP contribution in [0.25, 0.3) is 11.0 Å². The van der Waals surface area contributed by atoms with Crippen molar-refractivity contribution in [1.82, 2.24) is 15.0 Å².